The molecule has 4 nitrogen and oxygen atoms in total. The number of hydrogen-bond donors (Lipinski definition) is 1. The lowest BCUT2D eigenvalue weighted by Crippen LogP contribution is -2.22. The Hall–Kier alpha value is -1.75. The Balaban J connectivity index is 2.05. The molecule has 1 heterocycles. The van der Waals surface area contributed by atoms with Gasteiger partial charge < -0.3 is 5.73 Å². The fraction of sp³-hybridized carbons (Fsp3) is 0.467. The summed E-state index contributed by atoms with van der Waals surface area (Å²) < 4.78 is 15.6. The zero-order valence-electron chi connectivity index (χ0n) is 11.8. The van der Waals surface area contributed by atoms with Gasteiger partial charge in [0, 0.05) is 13.0 Å². The topological polar surface area (TPSA) is 56.7 Å². The molecule has 5 heteroatoms. The summed E-state index contributed by atoms with van der Waals surface area (Å²) in [5.41, 5.74) is 6.54. The van der Waals surface area contributed by atoms with Gasteiger partial charge in [-0.05, 0) is 36.9 Å². The van der Waals surface area contributed by atoms with Gasteiger partial charge in [-0.1, -0.05) is 25.1 Å². The normalized spacial score (nSPS) is 12.6. The lowest BCUT2D eigenvalue weighted by atomic mass is 9.95. The predicted octanol–water partition coefficient (Wildman–Crippen LogP) is 2.19. The summed E-state index contributed by atoms with van der Waals surface area (Å²) in [6.07, 6.45) is 3.94. The molecule has 0 radical (unpaired) electrons. The van der Waals surface area contributed by atoms with Crippen LogP contribution in [-0.2, 0) is 19.4 Å². The van der Waals surface area contributed by atoms with E-state index in [2.05, 4.69) is 17.0 Å². The van der Waals surface area contributed by atoms with E-state index >= 15 is 0 Å². The number of halogens is 1. The average Bonchev–Trinajstić information content (AvgIpc) is 2.88. The summed E-state index contributed by atoms with van der Waals surface area (Å²) in [7, 11) is 0. The van der Waals surface area contributed by atoms with Crippen molar-refractivity contribution in [2.75, 3.05) is 6.54 Å². The second kappa shape index (κ2) is 7.14. The van der Waals surface area contributed by atoms with Crippen LogP contribution in [0.1, 0.15) is 24.7 Å². The standard InChI is InChI=1S/C15H21FN4/c1-2-7-20-15(18-11-19-20)9-12(10-17)8-13-5-3-4-6-14(13)16/h3-6,11-12H,2,7-10,17H2,1H3. The Morgan fingerprint density at radius 2 is 2.10 bits per heavy atom. The Morgan fingerprint density at radius 1 is 1.30 bits per heavy atom. The number of aryl methyl sites for hydroxylation is 1. The molecule has 0 aliphatic rings. The quantitative estimate of drug-likeness (QED) is 0.843. The van der Waals surface area contributed by atoms with Crippen molar-refractivity contribution in [3.63, 3.8) is 0 Å². The summed E-state index contributed by atoms with van der Waals surface area (Å²) in [4.78, 5) is 4.29. The van der Waals surface area contributed by atoms with Gasteiger partial charge in [-0.3, -0.25) is 4.68 Å². The Bertz CT molecular complexity index is 538. The molecule has 0 saturated heterocycles. The van der Waals surface area contributed by atoms with Crippen molar-refractivity contribution >= 4 is 0 Å². The number of hydrogen-bond acceptors (Lipinski definition) is 3. The van der Waals surface area contributed by atoms with E-state index in [1.165, 1.54) is 6.07 Å². The second-order valence-electron chi connectivity index (χ2n) is 5.00. The molecular weight excluding hydrogens is 255 g/mol. The van der Waals surface area contributed by atoms with E-state index in [0.717, 1.165) is 25.2 Å². The molecule has 2 rings (SSSR count). The number of aromatic nitrogens is 3. The van der Waals surface area contributed by atoms with Crippen LogP contribution in [0.15, 0.2) is 30.6 Å². The number of benzene rings is 1. The molecule has 0 saturated carbocycles. The molecular formula is C15H21FN4. The maximum absolute atomic E-state index is 13.7. The fourth-order valence-electron chi connectivity index (χ4n) is 2.32. The fourth-order valence-corrected chi connectivity index (χ4v) is 2.32. The van der Waals surface area contributed by atoms with Crippen LogP contribution in [0, 0.1) is 11.7 Å². The monoisotopic (exact) mass is 276 g/mol. The summed E-state index contributed by atoms with van der Waals surface area (Å²) in [5, 5.41) is 4.21. The Morgan fingerprint density at radius 3 is 2.80 bits per heavy atom. The highest BCUT2D eigenvalue weighted by Crippen LogP contribution is 2.15. The molecule has 0 bridgehead atoms. The molecule has 1 aromatic carbocycles. The molecule has 2 aromatic rings. The van der Waals surface area contributed by atoms with Gasteiger partial charge in [0.2, 0.25) is 0 Å². The number of nitrogens with zero attached hydrogens (tertiary/aromatic N) is 3. The molecule has 1 atom stereocenters. The molecule has 0 aliphatic heterocycles. The third-order valence-electron chi connectivity index (χ3n) is 3.40. The van der Waals surface area contributed by atoms with Gasteiger partial charge in [0.25, 0.3) is 0 Å². The van der Waals surface area contributed by atoms with E-state index in [1.54, 1.807) is 12.4 Å². The minimum atomic E-state index is -0.166. The summed E-state index contributed by atoms with van der Waals surface area (Å²) >= 11 is 0. The molecule has 108 valence electrons. The van der Waals surface area contributed by atoms with E-state index in [0.29, 0.717) is 18.5 Å². The predicted molar refractivity (Wildman–Crippen MR) is 76.7 cm³/mol. The van der Waals surface area contributed by atoms with Crippen molar-refractivity contribution < 1.29 is 4.39 Å². The van der Waals surface area contributed by atoms with Gasteiger partial charge in [0.15, 0.2) is 0 Å². The maximum atomic E-state index is 13.7. The van der Waals surface area contributed by atoms with Crippen LogP contribution in [-0.4, -0.2) is 21.3 Å². The van der Waals surface area contributed by atoms with Gasteiger partial charge in [-0.25, -0.2) is 9.37 Å². The average molecular weight is 276 g/mol. The first-order chi connectivity index (χ1) is 9.74. The van der Waals surface area contributed by atoms with Crippen LogP contribution < -0.4 is 5.73 Å². The van der Waals surface area contributed by atoms with Crippen LogP contribution in [0.3, 0.4) is 0 Å². The third-order valence-corrected chi connectivity index (χ3v) is 3.40. The highest BCUT2D eigenvalue weighted by molar-refractivity contribution is 5.18. The first-order valence-corrected chi connectivity index (χ1v) is 7.04. The lowest BCUT2D eigenvalue weighted by molar-refractivity contribution is 0.473. The second-order valence-corrected chi connectivity index (χ2v) is 5.00. The van der Waals surface area contributed by atoms with Crippen molar-refractivity contribution in [3.05, 3.63) is 47.8 Å². The smallest absolute Gasteiger partial charge is 0.138 e. The van der Waals surface area contributed by atoms with E-state index in [-0.39, 0.29) is 11.7 Å². The summed E-state index contributed by atoms with van der Waals surface area (Å²) in [6.45, 7) is 3.46. The molecule has 1 aromatic heterocycles. The van der Waals surface area contributed by atoms with Crippen LogP contribution in [0.25, 0.3) is 0 Å². The molecule has 1 unspecified atom stereocenters. The van der Waals surface area contributed by atoms with Crippen molar-refractivity contribution in [3.8, 4) is 0 Å². The van der Waals surface area contributed by atoms with Crippen LogP contribution in [0.5, 0.6) is 0 Å². The third kappa shape index (κ3) is 3.63. The van der Waals surface area contributed by atoms with Gasteiger partial charge in [0.1, 0.15) is 18.0 Å². The SMILES string of the molecule is CCCn1ncnc1CC(CN)Cc1ccccc1F. The van der Waals surface area contributed by atoms with E-state index in [4.69, 9.17) is 5.73 Å². The van der Waals surface area contributed by atoms with E-state index < -0.39 is 0 Å². The van der Waals surface area contributed by atoms with Crippen LogP contribution >= 0.6 is 0 Å². The Labute approximate surface area is 118 Å². The number of rotatable bonds is 7. The zero-order chi connectivity index (χ0) is 14.4. The van der Waals surface area contributed by atoms with Gasteiger partial charge in [-0.2, -0.15) is 5.10 Å². The molecule has 0 fully saturated rings. The largest absolute Gasteiger partial charge is 0.330 e. The minimum absolute atomic E-state index is 0.166. The highest BCUT2D eigenvalue weighted by atomic mass is 19.1. The molecule has 2 N–H and O–H groups in total. The van der Waals surface area contributed by atoms with Gasteiger partial charge in [0.05, 0.1) is 0 Å². The maximum Gasteiger partial charge on any atom is 0.138 e. The minimum Gasteiger partial charge on any atom is -0.330 e. The van der Waals surface area contributed by atoms with Crippen molar-refractivity contribution in [2.24, 2.45) is 11.7 Å². The summed E-state index contributed by atoms with van der Waals surface area (Å²) in [6, 6.07) is 6.86. The van der Waals surface area contributed by atoms with Crippen molar-refractivity contribution in [1.29, 1.82) is 0 Å². The zero-order valence-corrected chi connectivity index (χ0v) is 11.8. The molecule has 20 heavy (non-hydrogen) atoms. The summed E-state index contributed by atoms with van der Waals surface area (Å²) in [5.74, 6) is 0.936. The van der Waals surface area contributed by atoms with Crippen LogP contribution in [0.4, 0.5) is 4.39 Å². The number of nitrogens with two attached hydrogens (primary N) is 1. The first-order valence-electron chi connectivity index (χ1n) is 7.04. The first kappa shape index (κ1) is 14.7. The van der Waals surface area contributed by atoms with Crippen molar-refractivity contribution in [1.82, 2.24) is 14.8 Å². The Kier molecular flexibility index (Phi) is 5.24. The molecule has 0 amide bonds. The van der Waals surface area contributed by atoms with E-state index in [1.807, 2.05) is 16.8 Å². The van der Waals surface area contributed by atoms with Gasteiger partial charge >= 0.3 is 0 Å². The molecule has 0 spiro atoms. The highest BCUT2D eigenvalue weighted by Gasteiger charge is 2.15. The molecule has 0 aliphatic carbocycles. The van der Waals surface area contributed by atoms with E-state index in [9.17, 15) is 4.39 Å². The van der Waals surface area contributed by atoms with Crippen molar-refractivity contribution in [2.45, 2.75) is 32.7 Å². The lowest BCUT2D eigenvalue weighted by Gasteiger charge is -2.15. The van der Waals surface area contributed by atoms with Crippen LogP contribution in [0.2, 0.25) is 0 Å². The van der Waals surface area contributed by atoms with Gasteiger partial charge in [-0.15, -0.1) is 0 Å².